The maximum atomic E-state index is 11.6. The molecule has 0 saturated heterocycles. The van der Waals surface area contributed by atoms with Gasteiger partial charge in [0.2, 0.25) is 0 Å². The van der Waals surface area contributed by atoms with Crippen molar-refractivity contribution in [1.29, 1.82) is 0 Å². The van der Waals surface area contributed by atoms with E-state index in [1.807, 2.05) is 42.5 Å². The van der Waals surface area contributed by atoms with Crippen LogP contribution in [-0.4, -0.2) is 36.9 Å². The molecule has 1 aromatic carbocycles. The first-order valence-electron chi connectivity index (χ1n) is 6.79. The number of nitrogens with one attached hydrogen (secondary N) is 2. The van der Waals surface area contributed by atoms with E-state index in [1.54, 1.807) is 0 Å². The summed E-state index contributed by atoms with van der Waals surface area (Å²) in [6, 6.07) is 9.26. The van der Waals surface area contributed by atoms with Gasteiger partial charge in [0.05, 0.1) is 6.54 Å². The molecule has 0 spiro atoms. The molecule has 0 radical (unpaired) electrons. The third-order valence-corrected chi connectivity index (χ3v) is 3.12. The second kappa shape index (κ2) is 7.55. The maximum absolute atomic E-state index is 11.6. The summed E-state index contributed by atoms with van der Waals surface area (Å²) in [6.45, 7) is 0.999. The minimum absolute atomic E-state index is 0.00203. The molecule has 2 amide bonds. The second-order valence-corrected chi connectivity index (χ2v) is 4.73. The molecular formula is C15H20N2O3. The fourth-order valence-electron chi connectivity index (χ4n) is 2.09. The van der Waals surface area contributed by atoms with Crippen molar-refractivity contribution in [3.63, 3.8) is 0 Å². The highest BCUT2D eigenvalue weighted by Gasteiger charge is 2.19. The zero-order valence-electron chi connectivity index (χ0n) is 11.3. The fourth-order valence-corrected chi connectivity index (χ4v) is 2.09. The molecule has 20 heavy (non-hydrogen) atoms. The number of aliphatic hydroxyl groups is 1. The molecule has 5 nitrogen and oxygen atoms in total. The van der Waals surface area contributed by atoms with Crippen molar-refractivity contribution in [3.8, 4) is 5.75 Å². The van der Waals surface area contributed by atoms with E-state index in [0.29, 0.717) is 13.2 Å². The van der Waals surface area contributed by atoms with E-state index in [9.17, 15) is 4.79 Å². The van der Waals surface area contributed by atoms with Crippen LogP contribution in [0.5, 0.6) is 5.75 Å². The Morgan fingerprint density at radius 1 is 1.30 bits per heavy atom. The number of aliphatic hydroxyl groups excluding tert-OH is 1. The Kier molecular flexibility index (Phi) is 5.43. The lowest BCUT2D eigenvalue weighted by Gasteiger charge is -2.13. The van der Waals surface area contributed by atoms with Crippen LogP contribution in [0.3, 0.4) is 0 Å². The van der Waals surface area contributed by atoms with Crippen molar-refractivity contribution in [2.24, 2.45) is 5.92 Å². The van der Waals surface area contributed by atoms with Crippen LogP contribution in [0.1, 0.15) is 6.42 Å². The molecular weight excluding hydrogens is 256 g/mol. The van der Waals surface area contributed by atoms with E-state index in [0.717, 1.165) is 12.2 Å². The van der Waals surface area contributed by atoms with Gasteiger partial charge in [-0.2, -0.15) is 0 Å². The van der Waals surface area contributed by atoms with Gasteiger partial charge in [-0.25, -0.2) is 4.79 Å². The van der Waals surface area contributed by atoms with Crippen molar-refractivity contribution in [3.05, 3.63) is 42.5 Å². The van der Waals surface area contributed by atoms with Crippen molar-refractivity contribution in [2.45, 2.75) is 12.5 Å². The van der Waals surface area contributed by atoms with Crippen LogP contribution in [0, 0.1) is 5.92 Å². The van der Waals surface area contributed by atoms with E-state index in [-0.39, 0.29) is 24.6 Å². The number of rotatable bonds is 6. The number of hydrogen-bond donors (Lipinski definition) is 3. The Balaban J connectivity index is 1.58. The molecule has 3 N–H and O–H groups in total. The average molecular weight is 276 g/mol. The van der Waals surface area contributed by atoms with E-state index in [4.69, 9.17) is 9.84 Å². The first-order chi connectivity index (χ1) is 9.78. The highest BCUT2D eigenvalue weighted by atomic mass is 16.5. The smallest absolute Gasteiger partial charge is 0.315 e. The number of hydrogen-bond acceptors (Lipinski definition) is 3. The number of urea groups is 1. The normalized spacial score (nSPS) is 20.6. The zero-order chi connectivity index (χ0) is 14.2. The predicted molar refractivity (Wildman–Crippen MR) is 76.6 cm³/mol. The molecule has 0 fully saturated rings. The number of carbonyl (C=O) groups excluding carboxylic acids is 1. The largest absolute Gasteiger partial charge is 0.492 e. The summed E-state index contributed by atoms with van der Waals surface area (Å²) in [7, 11) is 0. The number of ether oxygens (including phenoxy) is 1. The van der Waals surface area contributed by atoms with E-state index in [2.05, 4.69) is 10.6 Å². The van der Waals surface area contributed by atoms with Gasteiger partial charge in [0.15, 0.2) is 0 Å². The predicted octanol–water partition coefficient (Wildman–Crippen LogP) is 1.30. The van der Waals surface area contributed by atoms with Gasteiger partial charge in [-0.05, 0) is 18.6 Å². The number of carbonyl (C=O) groups is 1. The Morgan fingerprint density at radius 2 is 2.10 bits per heavy atom. The Bertz CT molecular complexity index is 448. The zero-order valence-corrected chi connectivity index (χ0v) is 11.3. The molecule has 2 rings (SSSR count). The molecule has 0 aromatic heterocycles. The quantitative estimate of drug-likeness (QED) is 0.542. The van der Waals surface area contributed by atoms with Gasteiger partial charge in [0.25, 0.3) is 0 Å². The summed E-state index contributed by atoms with van der Waals surface area (Å²) in [5.41, 5.74) is 0. The SMILES string of the molecule is O=C(NCCOc1ccccc1)N[C@@H]1C=C[C@H](CO)C1. The van der Waals surface area contributed by atoms with Gasteiger partial charge >= 0.3 is 6.03 Å². The van der Waals surface area contributed by atoms with Crippen molar-refractivity contribution in [1.82, 2.24) is 10.6 Å². The highest BCUT2D eigenvalue weighted by molar-refractivity contribution is 5.74. The molecule has 0 heterocycles. The lowest BCUT2D eigenvalue weighted by molar-refractivity contribution is 0.228. The molecule has 5 heteroatoms. The minimum atomic E-state index is -0.213. The average Bonchev–Trinajstić information content (AvgIpc) is 2.92. The van der Waals surface area contributed by atoms with Crippen LogP contribution in [0.25, 0.3) is 0 Å². The van der Waals surface area contributed by atoms with E-state index in [1.165, 1.54) is 0 Å². The Hall–Kier alpha value is -2.01. The van der Waals surface area contributed by atoms with Crippen LogP contribution < -0.4 is 15.4 Å². The monoisotopic (exact) mass is 276 g/mol. The lowest BCUT2D eigenvalue weighted by atomic mass is 10.1. The van der Waals surface area contributed by atoms with Gasteiger partial charge in [0, 0.05) is 18.6 Å². The van der Waals surface area contributed by atoms with E-state index < -0.39 is 0 Å². The fraction of sp³-hybridized carbons (Fsp3) is 0.400. The second-order valence-electron chi connectivity index (χ2n) is 4.73. The third-order valence-electron chi connectivity index (χ3n) is 3.12. The molecule has 2 atom stereocenters. The molecule has 1 aliphatic carbocycles. The Labute approximate surface area is 118 Å². The van der Waals surface area contributed by atoms with Gasteiger partial charge in [-0.1, -0.05) is 30.4 Å². The van der Waals surface area contributed by atoms with E-state index >= 15 is 0 Å². The summed E-state index contributed by atoms with van der Waals surface area (Å²) >= 11 is 0. The highest BCUT2D eigenvalue weighted by Crippen LogP contribution is 2.16. The van der Waals surface area contributed by atoms with Crippen LogP contribution in [-0.2, 0) is 0 Å². The molecule has 0 aliphatic heterocycles. The molecule has 0 bridgehead atoms. The van der Waals surface area contributed by atoms with Crippen molar-refractivity contribution >= 4 is 6.03 Å². The van der Waals surface area contributed by atoms with Crippen LogP contribution in [0.4, 0.5) is 4.79 Å². The maximum Gasteiger partial charge on any atom is 0.315 e. The van der Waals surface area contributed by atoms with Gasteiger partial charge in [-0.15, -0.1) is 0 Å². The van der Waals surface area contributed by atoms with Crippen LogP contribution in [0.15, 0.2) is 42.5 Å². The van der Waals surface area contributed by atoms with Crippen molar-refractivity contribution < 1.29 is 14.6 Å². The minimum Gasteiger partial charge on any atom is -0.492 e. The topological polar surface area (TPSA) is 70.6 Å². The summed E-state index contributed by atoms with van der Waals surface area (Å²) in [5.74, 6) is 0.945. The van der Waals surface area contributed by atoms with Crippen LogP contribution >= 0.6 is 0 Å². The summed E-state index contributed by atoms with van der Waals surface area (Å²) in [5, 5.41) is 14.6. The molecule has 0 unspecified atom stereocenters. The standard InChI is InChI=1S/C15H20N2O3/c18-11-12-6-7-13(10-12)17-15(19)16-8-9-20-14-4-2-1-3-5-14/h1-7,12-13,18H,8-11H2,(H2,16,17,19)/t12-,13+/m0/s1. The van der Waals surface area contributed by atoms with Gasteiger partial charge < -0.3 is 20.5 Å². The first kappa shape index (κ1) is 14.4. The van der Waals surface area contributed by atoms with Crippen LogP contribution in [0.2, 0.25) is 0 Å². The van der Waals surface area contributed by atoms with Gasteiger partial charge in [-0.3, -0.25) is 0 Å². The van der Waals surface area contributed by atoms with Gasteiger partial charge in [0.1, 0.15) is 12.4 Å². The first-order valence-corrected chi connectivity index (χ1v) is 6.79. The summed E-state index contributed by atoms with van der Waals surface area (Å²) in [6.07, 6.45) is 4.61. The number of para-hydroxylation sites is 1. The molecule has 0 saturated carbocycles. The summed E-state index contributed by atoms with van der Waals surface area (Å²) in [4.78, 5) is 11.6. The van der Waals surface area contributed by atoms with Crippen molar-refractivity contribution in [2.75, 3.05) is 19.8 Å². The molecule has 1 aliphatic rings. The molecule has 108 valence electrons. The third kappa shape index (κ3) is 4.59. The number of benzene rings is 1. The number of amides is 2. The summed E-state index contributed by atoms with van der Waals surface area (Å²) < 4.78 is 5.47. The molecule has 1 aromatic rings. The lowest BCUT2D eigenvalue weighted by Crippen LogP contribution is -2.42. The Morgan fingerprint density at radius 3 is 2.80 bits per heavy atom.